The molecule has 13 heteroatoms. The van der Waals surface area contributed by atoms with Gasteiger partial charge in [-0.1, -0.05) is 19.9 Å². The van der Waals surface area contributed by atoms with Crippen LogP contribution in [0.3, 0.4) is 0 Å². The molecule has 3 rings (SSSR count). The number of aromatic nitrogens is 1. The number of carbonyl (C=O) groups is 4. The number of halogens is 1. The Hall–Kier alpha value is -4.20. The van der Waals surface area contributed by atoms with Crippen LogP contribution in [0.1, 0.15) is 39.7 Å². The van der Waals surface area contributed by atoms with E-state index < -0.39 is 35.5 Å². The largest absolute Gasteiger partial charge is 0.478 e. The van der Waals surface area contributed by atoms with Crippen molar-refractivity contribution in [2.75, 3.05) is 29.9 Å². The van der Waals surface area contributed by atoms with Crippen LogP contribution in [0.2, 0.25) is 0 Å². The first-order chi connectivity index (χ1) is 20.5. The molecule has 1 aromatic heterocycles. The SMILES string of the molecule is Cc1ccc(F)cc1N1CC(C)(C)N(C[C@H](N)[C@@H](O)C[C@H](C(=O)Nc2cccnc2)C(C)C)CC1=O.O=C(O)/C=C/C(=O)O. The summed E-state index contributed by atoms with van der Waals surface area (Å²) in [4.78, 5) is 52.6. The van der Waals surface area contributed by atoms with Gasteiger partial charge in [-0.3, -0.25) is 19.5 Å². The number of pyridine rings is 1. The van der Waals surface area contributed by atoms with Gasteiger partial charge in [0.2, 0.25) is 11.8 Å². The fraction of sp³-hybridized carbons (Fsp3) is 0.452. The van der Waals surface area contributed by atoms with Gasteiger partial charge in [-0.25, -0.2) is 14.0 Å². The van der Waals surface area contributed by atoms with Gasteiger partial charge in [0.05, 0.1) is 24.5 Å². The molecule has 1 aliphatic heterocycles. The van der Waals surface area contributed by atoms with Crippen LogP contribution >= 0.6 is 0 Å². The Bertz CT molecular complexity index is 1320. The predicted molar refractivity (Wildman–Crippen MR) is 163 cm³/mol. The predicted octanol–water partition coefficient (Wildman–Crippen LogP) is 2.66. The molecule has 2 amide bonds. The molecule has 0 saturated carbocycles. The van der Waals surface area contributed by atoms with E-state index in [4.69, 9.17) is 15.9 Å². The van der Waals surface area contributed by atoms with Gasteiger partial charge in [-0.15, -0.1) is 0 Å². The Morgan fingerprint density at radius 2 is 1.80 bits per heavy atom. The van der Waals surface area contributed by atoms with E-state index in [1.165, 1.54) is 12.1 Å². The number of hydrogen-bond donors (Lipinski definition) is 5. The summed E-state index contributed by atoms with van der Waals surface area (Å²) in [5.74, 6) is -3.71. The van der Waals surface area contributed by atoms with Crippen molar-refractivity contribution in [3.8, 4) is 0 Å². The highest BCUT2D eigenvalue weighted by Crippen LogP contribution is 2.30. The Kier molecular flexibility index (Phi) is 13.1. The molecule has 240 valence electrons. The molecule has 2 heterocycles. The minimum absolute atomic E-state index is 0.0143. The number of rotatable bonds is 11. The maximum atomic E-state index is 13.9. The fourth-order valence-corrected chi connectivity index (χ4v) is 4.75. The van der Waals surface area contributed by atoms with Gasteiger partial charge in [0.1, 0.15) is 5.82 Å². The van der Waals surface area contributed by atoms with Gasteiger partial charge >= 0.3 is 11.9 Å². The van der Waals surface area contributed by atoms with Gasteiger partial charge in [0, 0.05) is 54.6 Å². The molecule has 1 fully saturated rings. The molecule has 0 spiro atoms. The lowest BCUT2D eigenvalue weighted by Gasteiger charge is -2.48. The molecule has 2 aromatic rings. The van der Waals surface area contributed by atoms with Gasteiger partial charge < -0.3 is 31.3 Å². The minimum atomic E-state index is -1.26. The molecule has 12 nitrogen and oxygen atoms in total. The third-order valence-corrected chi connectivity index (χ3v) is 7.35. The Morgan fingerprint density at radius 3 is 2.34 bits per heavy atom. The lowest BCUT2D eigenvalue weighted by molar-refractivity contribution is -0.134. The summed E-state index contributed by atoms with van der Waals surface area (Å²) < 4.78 is 13.9. The lowest BCUT2D eigenvalue weighted by atomic mass is 9.87. The number of aliphatic hydroxyl groups excluding tert-OH is 1. The number of nitrogens with one attached hydrogen (secondary N) is 1. The Labute approximate surface area is 256 Å². The molecule has 44 heavy (non-hydrogen) atoms. The third kappa shape index (κ3) is 10.8. The zero-order valence-electron chi connectivity index (χ0n) is 25.6. The first-order valence-corrected chi connectivity index (χ1v) is 14.1. The van der Waals surface area contributed by atoms with Crippen molar-refractivity contribution < 1.29 is 38.9 Å². The molecular weight excluding hydrogens is 573 g/mol. The number of benzene rings is 1. The smallest absolute Gasteiger partial charge is 0.328 e. The average molecular weight is 616 g/mol. The molecule has 6 N–H and O–H groups in total. The number of carbonyl (C=O) groups excluding carboxylic acids is 2. The number of nitrogens with two attached hydrogens (primary N) is 1. The molecule has 0 aliphatic carbocycles. The molecule has 0 unspecified atom stereocenters. The van der Waals surface area contributed by atoms with E-state index in [2.05, 4.69) is 10.3 Å². The van der Waals surface area contributed by atoms with Crippen molar-refractivity contribution in [2.45, 2.75) is 58.7 Å². The van der Waals surface area contributed by atoms with E-state index in [0.29, 0.717) is 30.1 Å². The molecule has 0 bridgehead atoms. The van der Waals surface area contributed by atoms with Crippen LogP contribution in [-0.2, 0) is 19.2 Å². The zero-order chi connectivity index (χ0) is 33.2. The fourth-order valence-electron chi connectivity index (χ4n) is 4.75. The monoisotopic (exact) mass is 615 g/mol. The van der Waals surface area contributed by atoms with Gasteiger partial charge in [-0.2, -0.15) is 0 Å². The van der Waals surface area contributed by atoms with Crippen molar-refractivity contribution in [1.82, 2.24) is 9.88 Å². The number of piperazine rings is 1. The van der Waals surface area contributed by atoms with E-state index in [9.17, 15) is 28.7 Å². The highest BCUT2D eigenvalue weighted by Gasteiger charge is 2.40. The summed E-state index contributed by atoms with van der Waals surface area (Å²) >= 11 is 0. The van der Waals surface area contributed by atoms with E-state index in [0.717, 1.165) is 5.56 Å². The molecule has 3 atom stereocenters. The average Bonchev–Trinajstić information content (AvgIpc) is 2.94. The first-order valence-electron chi connectivity index (χ1n) is 14.1. The molecule has 1 saturated heterocycles. The summed E-state index contributed by atoms with van der Waals surface area (Å²) in [6, 6.07) is 7.27. The highest BCUT2D eigenvalue weighted by atomic mass is 19.1. The molecular formula is C31H42FN5O7. The number of aryl methyl sites for hydroxylation is 1. The topological polar surface area (TPSA) is 186 Å². The lowest BCUT2D eigenvalue weighted by Crippen LogP contribution is -2.64. The van der Waals surface area contributed by atoms with Gasteiger partial charge in [0.15, 0.2) is 0 Å². The minimum Gasteiger partial charge on any atom is -0.478 e. The number of nitrogens with zero attached hydrogens (tertiary/aromatic N) is 3. The summed E-state index contributed by atoms with van der Waals surface area (Å²) in [6.07, 6.45) is 3.57. The number of hydrogen-bond acceptors (Lipinski definition) is 8. The maximum Gasteiger partial charge on any atom is 0.328 e. The number of carboxylic acid groups (broad SMARTS) is 2. The van der Waals surface area contributed by atoms with Crippen LogP contribution in [-0.4, -0.2) is 86.3 Å². The van der Waals surface area contributed by atoms with Crippen LogP contribution in [0.4, 0.5) is 15.8 Å². The van der Waals surface area contributed by atoms with Crippen molar-refractivity contribution >= 4 is 35.1 Å². The summed E-state index contributed by atoms with van der Waals surface area (Å²) in [5, 5.41) is 29.4. The van der Waals surface area contributed by atoms with Crippen molar-refractivity contribution in [3.63, 3.8) is 0 Å². The number of anilines is 2. The van der Waals surface area contributed by atoms with Gasteiger partial charge in [0.25, 0.3) is 0 Å². The second-order valence-electron chi connectivity index (χ2n) is 11.7. The summed E-state index contributed by atoms with van der Waals surface area (Å²) in [6.45, 7) is 10.5. The van der Waals surface area contributed by atoms with E-state index in [1.54, 1.807) is 35.5 Å². The van der Waals surface area contributed by atoms with E-state index in [-0.39, 0.29) is 43.1 Å². The first kappa shape index (κ1) is 36.0. The second-order valence-corrected chi connectivity index (χ2v) is 11.7. The number of carboxylic acids is 2. The standard InChI is InChI=1S/C27H38FN5O3.C4H4O4/c1-17(2)21(26(36)31-20-7-6-10-30-13-20)12-24(34)22(29)14-32-15-25(35)33(16-27(32,4)5)23-11-19(28)9-8-18(23)3;5-3(6)1-2-4(7)8/h6-11,13,17,21-22,24,34H,12,14-16,29H2,1-5H3,(H,31,36);1-2H,(H,5,6)(H,7,8)/b;2-1+/t21-,22-,24-;/m0./s1. The number of amides is 2. The van der Waals surface area contributed by atoms with Crippen LogP contribution in [0.15, 0.2) is 54.9 Å². The van der Waals surface area contributed by atoms with Crippen LogP contribution in [0, 0.1) is 24.6 Å². The van der Waals surface area contributed by atoms with Crippen LogP contribution in [0.5, 0.6) is 0 Å². The maximum absolute atomic E-state index is 13.9. The second kappa shape index (κ2) is 16.0. The van der Waals surface area contributed by atoms with Crippen molar-refractivity contribution in [1.29, 1.82) is 0 Å². The summed E-state index contributed by atoms with van der Waals surface area (Å²) in [5.41, 5.74) is 7.93. The van der Waals surface area contributed by atoms with Crippen LogP contribution in [0.25, 0.3) is 0 Å². The molecule has 1 aliphatic rings. The Balaban J connectivity index is 0.000000742. The van der Waals surface area contributed by atoms with E-state index in [1.807, 2.05) is 39.5 Å². The molecule has 0 radical (unpaired) electrons. The van der Waals surface area contributed by atoms with Gasteiger partial charge in [-0.05, 0) is 62.9 Å². The quantitative estimate of drug-likeness (QED) is 0.235. The van der Waals surface area contributed by atoms with Crippen LogP contribution < -0.4 is 16.0 Å². The van der Waals surface area contributed by atoms with E-state index >= 15 is 0 Å². The zero-order valence-corrected chi connectivity index (χ0v) is 25.6. The van der Waals surface area contributed by atoms with Crippen molar-refractivity contribution in [3.05, 3.63) is 66.3 Å². The molecule has 1 aromatic carbocycles. The summed E-state index contributed by atoms with van der Waals surface area (Å²) in [7, 11) is 0. The van der Waals surface area contributed by atoms with Crippen molar-refractivity contribution in [2.24, 2.45) is 17.6 Å². The number of aliphatic hydroxyl groups is 1. The highest BCUT2D eigenvalue weighted by molar-refractivity contribution is 5.96. The Morgan fingerprint density at radius 1 is 1.16 bits per heavy atom. The normalized spacial score (nSPS) is 17.0. The third-order valence-electron chi connectivity index (χ3n) is 7.35. The number of aliphatic carboxylic acids is 2.